The van der Waals surface area contributed by atoms with Crippen LogP contribution >= 0.6 is 11.8 Å². The lowest BCUT2D eigenvalue weighted by Gasteiger charge is -2.21. The molecule has 0 atom stereocenters. The van der Waals surface area contributed by atoms with E-state index in [0.717, 1.165) is 12.1 Å². The first kappa shape index (κ1) is 13.9. The van der Waals surface area contributed by atoms with Crippen LogP contribution in [0.25, 0.3) is 0 Å². The fourth-order valence-corrected chi connectivity index (χ4v) is 1.49. The Hall–Kier alpha value is -1.17. The summed E-state index contributed by atoms with van der Waals surface area (Å²) in [5.74, 6) is -0.222. The van der Waals surface area contributed by atoms with E-state index in [4.69, 9.17) is 5.73 Å². The van der Waals surface area contributed by atoms with E-state index in [9.17, 15) is 4.79 Å². The molecule has 1 amide bonds. The summed E-state index contributed by atoms with van der Waals surface area (Å²) in [6.45, 7) is 6.69. The highest BCUT2D eigenvalue weighted by molar-refractivity contribution is 7.99. The van der Waals surface area contributed by atoms with Gasteiger partial charge < -0.3 is 11.1 Å². The zero-order valence-electron chi connectivity index (χ0n) is 10.8. The second kappa shape index (κ2) is 5.44. The normalized spacial score (nSPS) is 11.5. The van der Waals surface area contributed by atoms with Crippen LogP contribution in [0.1, 0.15) is 37.0 Å². The highest BCUT2D eigenvalue weighted by Gasteiger charge is 2.20. The molecule has 1 rings (SSSR count). The molecule has 0 fully saturated rings. The molecule has 6 heteroatoms. The zero-order valence-corrected chi connectivity index (χ0v) is 11.6. The minimum atomic E-state index is -0.222. The maximum atomic E-state index is 11.9. The summed E-state index contributed by atoms with van der Waals surface area (Å²) >= 11 is 1.70. The number of amides is 1. The van der Waals surface area contributed by atoms with Gasteiger partial charge in [-0.05, 0) is 26.5 Å². The molecule has 0 spiro atoms. The van der Waals surface area contributed by atoms with E-state index in [0.29, 0.717) is 17.9 Å². The molecule has 1 heterocycles. The Kier molecular flexibility index (Phi) is 4.45. The van der Waals surface area contributed by atoms with Crippen molar-refractivity contribution in [3.05, 3.63) is 11.4 Å². The average molecular weight is 256 g/mol. The van der Waals surface area contributed by atoms with Crippen molar-refractivity contribution in [3.8, 4) is 0 Å². The van der Waals surface area contributed by atoms with Gasteiger partial charge in [-0.25, -0.2) is 0 Å². The first-order chi connectivity index (χ1) is 7.91. The number of aromatic nitrogens is 2. The molecule has 0 saturated carbocycles. The number of hydrogen-bond donors (Lipinski definition) is 3. The molecule has 0 unspecified atom stereocenters. The number of thioether (sulfide) groups is 1. The predicted molar refractivity (Wildman–Crippen MR) is 72.3 cm³/mol. The zero-order chi connectivity index (χ0) is 13.1. The third-order valence-electron chi connectivity index (χ3n) is 2.68. The van der Waals surface area contributed by atoms with Gasteiger partial charge in [-0.15, -0.1) is 0 Å². The number of anilines is 1. The Morgan fingerprint density at radius 3 is 2.71 bits per heavy atom. The van der Waals surface area contributed by atoms with E-state index in [1.54, 1.807) is 11.8 Å². The molecule has 1 aromatic heterocycles. The molecule has 0 aliphatic rings. The summed E-state index contributed by atoms with van der Waals surface area (Å²) in [4.78, 5) is 11.9. The van der Waals surface area contributed by atoms with Crippen LogP contribution in [0.2, 0.25) is 0 Å². The molecule has 0 radical (unpaired) electrons. The number of nitrogens with two attached hydrogens (primary N) is 1. The third kappa shape index (κ3) is 3.39. The van der Waals surface area contributed by atoms with Crippen molar-refractivity contribution < 1.29 is 4.79 Å². The summed E-state index contributed by atoms with van der Waals surface area (Å²) in [7, 11) is 0. The Morgan fingerprint density at radius 2 is 2.24 bits per heavy atom. The van der Waals surface area contributed by atoms with Crippen LogP contribution in [0.3, 0.4) is 0 Å². The molecule has 17 heavy (non-hydrogen) atoms. The highest BCUT2D eigenvalue weighted by Crippen LogP contribution is 2.20. The smallest absolute Gasteiger partial charge is 0.273 e. The van der Waals surface area contributed by atoms with Crippen LogP contribution < -0.4 is 11.1 Å². The average Bonchev–Trinajstić information content (AvgIpc) is 2.67. The monoisotopic (exact) mass is 256 g/mol. The van der Waals surface area contributed by atoms with Crippen molar-refractivity contribution in [2.24, 2.45) is 0 Å². The SMILES string of the molecule is CCc1[nH]nc(C(=O)NCC(C)(C)SC)c1N. The van der Waals surface area contributed by atoms with E-state index >= 15 is 0 Å². The van der Waals surface area contributed by atoms with Crippen molar-refractivity contribution in [3.63, 3.8) is 0 Å². The first-order valence-electron chi connectivity index (χ1n) is 5.57. The molecule has 0 aliphatic carbocycles. The van der Waals surface area contributed by atoms with Crippen molar-refractivity contribution in [2.75, 3.05) is 18.5 Å². The fraction of sp³-hybridized carbons (Fsp3) is 0.636. The van der Waals surface area contributed by atoms with Gasteiger partial charge in [0.05, 0.1) is 11.4 Å². The molecular formula is C11H20N4OS. The molecule has 0 aromatic carbocycles. The van der Waals surface area contributed by atoms with Crippen molar-refractivity contribution >= 4 is 23.4 Å². The molecule has 0 saturated heterocycles. The van der Waals surface area contributed by atoms with Crippen LogP contribution in [0.15, 0.2) is 0 Å². The van der Waals surface area contributed by atoms with Crippen LogP contribution in [0, 0.1) is 0 Å². The lowest BCUT2D eigenvalue weighted by Crippen LogP contribution is -2.36. The fourth-order valence-electron chi connectivity index (χ4n) is 1.28. The lowest BCUT2D eigenvalue weighted by molar-refractivity contribution is 0.0946. The van der Waals surface area contributed by atoms with Crippen LogP contribution in [-0.4, -0.2) is 33.7 Å². The molecule has 96 valence electrons. The number of nitrogen functional groups attached to an aromatic ring is 1. The van der Waals surface area contributed by atoms with E-state index in [1.165, 1.54) is 0 Å². The number of aryl methyl sites for hydroxylation is 1. The van der Waals surface area contributed by atoms with Crippen LogP contribution in [-0.2, 0) is 6.42 Å². The quantitative estimate of drug-likeness (QED) is 0.744. The summed E-state index contributed by atoms with van der Waals surface area (Å²) in [6.07, 6.45) is 2.76. The van der Waals surface area contributed by atoms with E-state index in [-0.39, 0.29) is 10.7 Å². The van der Waals surface area contributed by atoms with Crippen molar-refractivity contribution in [1.29, 1.82) is 0 Å². The Bertz CT molecular complexity index is 400. The maximum Gasteiger partial charge on any atom is 0.273 e. The molecule has 0 aliphatic heterocycles. The summed E-state index contributed by atoms with van der Waals surface area (Å²) < 4.78 is 0.00825. The molecule has 5 nitrogen and oxygen atoms in total. The number of hydrogen-bond acceptors (Lipinski definition) is 4. The molecule has 4 N–H and O–H groups in total. The van der Waals surface area contributed by atoms with Gasteiger partial charge in [0.15, 0.2) is 5.69 Å². The molecule has 0 bridgehead atoms. The lowest BCUT2D eigenvalue weighted by atomic mass is 10.2. The number of carbonyl (C=O) groups is 1. The van der Waals surface area contributed by atoms with Gasteiger partial charge in [-0.2, -0.15) is 16.9 Å². The largest absolute Gasteiger partial charge is 0.395 e. The van der Waals surface area contributed by atoms with Crippen molar-refractivity contribution in [2.45, 2.75) is 31.9 Å². The minimum absolute atomic E-state index is 0.00825. The Labute approximate surface area is 106 Å². The van der Waals surface area contributed by atoms with Gasteiger partial charge in [0, 0.05) is 11.3 Å². The van der Waals surface area contributed by atoms with Gasteiger partial charge in [0.25, 0.3) is 5.91 Å². The van der Waals surface area contributed by atoms with E-state index in [1.807, 2.05) is 13.2 Å². The second-order valence-corrected chi connectivity index (χ2v) is 5.98. The van der Waals surface area contributed by atoms with Gasteiger partial charge in [-0.1, -0.05) is 6.92 Å². The van der Waals surface area contributed by atoms with Gasteiger partial charge in [0.1, 0.15) is 0 Å². The van der Waals surface area contributed by atoms with Crippen LogP contribution in [0.5, 0.6) is 0 Å². The number of aromatic amines is 1. The highest BCUT2D eigenvalue weighted by atomic mass is 32.2. The number of H-pyrrole nitrogens is 1. The molecular weight excluding hydrogens is 236 g/mol. The summed E-state index contributed by atoms with van der Waals surface area (Å²) in [5, 5.41) is 9.56. The maximum absolute atomic E-state index is 11.9. The van der Waals surface area contributed by atoms with Crippen molar-refractivity contribution in [1.82, 2.24) is 15.5 Å². The predicted octanol–water partition coefficient (Wildman–Crippen LogP) is 1.43. The first-order valence-corrected chi connectivity index (χ1v) is 6.79. The van der Waals surface area contributed by atoms with Gasteiger partial charge in [-0.3, -0.25) is 9.89 Å². The summed E-state index contributed by atoms with van der Waals surface area (Å²) in [5.41, 5.74) is 7.37. The Morgan fingerprint density at radius 1 is 1.59 bits per heavy atom. The van der Waals surface area contributed by atoms with Gasteiger partial charge in [0.2, 0.25) is 0 Å². The van der Waals surface area contributed by atoms with Crippen LogP contribution in [0.4, 0.5) is 5.69 Å². The number of nitrogens with zero attached hydrogens (tertiary/aromatic N) is 1. The summed E-state index contributed by atoms with van der Waals surface area (Å²) in [6, 6.07) is 0. The minimum Gasteiger partial charge on any atom is -0.395 e. The topological polar surface area (TPSA) is 83.8 Å². The van der Waals surface area contributed by atoms with E-state index in [2.05, 4.69) is 29.4 Å². The standard InChI is InChI=1S/C11H20N4OS/c1-5-7-8(12)9(15-14-7)10(16)13-6-11(2,3)17-4/h5-6,12H2,1-4H3,(H,13,16)(H,14,15). The Balaban J connectivity index is 2.67. The number of nitrogens with one attached hydrogen (secondary N) is 2. The third-order valence-corrected chi connectivity index (χ3v) is 3.93. The van der Waals surface area contributed by atoms with Gasteiger partial charge >= 0.3 is 0 Å². The second-order valence-electron chi connectivity index (χ2n) is 4.46. The number of carbonyl (C=O) groups excluding carboxylic acids is 1. The van der Waals surface area contributed by atoms with E-state index < -0.39 is 0 Å². The molecule has 1 aromatic rings. The number of rotatable bonds is 5.